The molecule has 0 N–H and O–H groups in total. The summed E-state index contributed by atoms with van der Waals surface area (Å²) in [6.45, 7) is 11.2. The molecule has 0 amide bonds. The van der Waals surface area contributed by atoms with Crippen molar-refractivity contribution in [2.24, 2.45) is 0 Å². The Kier molecular flexibility index (Phi) is 16.8. The quantitative estimate of drug-likeness (QED) is 0.233. The second-order valence-electron chi connectivity index (χ2n) is 7.91. The van der Waals surface area contributed by atoms with E-state index in [1.807, 2.05) is 13.8 Å². The first kappa shape index (κ1) is 23.0. The molecule has 0 aliphatic rings. The van der Waals surface area contributed by atoms with Crippen LogP contribution in [-0.2, 0) is 4.74 Å². The Labute approximate surface area is 148 Å². The van der Waals surface area contributed by atoms with Crippen molar-refractivity contribution in [3.05, 3.63) is 6.92 Å². The summed E-state index contributed by atoms with van der Waals surface area (Å²) in [7, 11) is 0. The SMILES string of the molecule is [CH2]C(C)(C)OCCCCCCCCCCCCCCCCCC. The summed E-state index contributed by atoms with van der Waals surface area (Å²) in [5, 5.41) is 0. The summed E-state index contributed by atoms with van der Waals surface area (Å²) in [5.74, 6) is 0. The lowest BCUT2D eigenvalue weighted by molar-refractivity contribution is 0.0152. The Morgan fingerprint density at radius 2 is 0.870 bits per heavy atom. The maximum absolute atomic E-state index is 5.64. The van der Waals surface area contributed by atoms with Gasteiger partial charge in [0.2, 0.25) is 0 Å². The minimum atomic E-state index is -0.213. The van der Waals surface area contributed by atoms with Gasteiger partial charge in [-0.2, -0.15) is 0 Å². The van der Waals surface area contributed by atoms with E-state index in [1.165, 1.54) is 103 Å². The Morgan fingerprint density at radius 1 is 0.565 bits per heavy atom. The second kappa shape index (κ2) is 16.8. The maximum Gasteiger partial charge on any atom is 0.0627 e. The van der Waals surface area contributed by atoms with Crippen molar-refractivity contribution in [2.45, 2.75) is 129 Å². The molecule has 23 heavy (non-hydrogen) atoms. The van der Waals surface area contributed by atoms with E-state index in [0.29, 0.717) is 0 Å². The molecular formula is C22H45O. The maximum atomic E-state index is 5.64. The molecule has 1 radical (unpaired) electrons. The van der Waals surface area contributed by atoms with Gasteiger partial charge in [0.15, 0.2) is 0 Å². The molecule has 0 aliphatic heterocycles. The van der Waals surface area contributed by atoms with E-state index in [-0.39, 0.29) is 5.60 Å². The van der Waals surface area contributed by atoms with Crippen molar-refractivity contribution in [3.63, 3.8) is 0 Å². The molecule has 0 saturated heterocycles. The molecule has 0 aliphatic carbocycles. The van der Waals surface area contributed by atoms with Gasteiger partial charge in [-0.3, -0.25) is 0 Å². The zero-order valence-electron chi connectivity index (χ0n) is 16.6. The average molecular weight is 326 g/mol. The summed E-state index contributed by atoms with van der Waals surface area (Å²) >= 11 is 0. The molecule has 1 nitrogen and oxygen atoms in total. The van der Waals surface area contributed by atoms with Crippen LogP contribution in [0.2, 0.25) is 0 Å². The zero-order valence-corrected chi connectivity index (χ0v) is 16.6. The van der Waals surface area contributed by atoms with Crippen molar-refractivity contribution in [3.8, 4) is 0 Å². The van der Waals surface area contributed by atoms with Crippen LogP contribution in [0.3, 0.4) is 0 Å². The lowest BCUT2D eigenvalue weighted by atomic mass is 10.0. The molecule has 0 bridgehead atoms. The Bertz CT molecular complexity index is 217. The molecule has 139 valence electrons. The molecule has 0 atom stereocenters. The van der Waals surface area contributed by atoms with E-state index < -0.39 is 0 Å². The van der Waals surface area contributed by atoms with Crippen LogP contribution < -0.4 is 0 Å². The van der Waals surface area contributed by atoms with Gasteiger partial charge in [0.25, 0.3) is 0 Å². The number of rotatable bonds is 18. The van der Waals surface area contributed by atoms with Gasteiger partial charge in [0, 0.05) is 6.61 Å². The fourth-order valence-corrected chi connectivity index (χ4v) is 3.00. The lowest BCUT2D eigenvalue weighted by Crippen LogP contribution is -2.20. The van der Waals surface area contributed by atoms with Crippen molar-refractivity contribution >= 4 is 0 Å². The topological polar surface area (TPSA) is 9.23 Å². The summed E-state index contributed by atoms with van der Waals surface area (Å²) in [5.41, 5.74) is -0.213. The highest BCUT2D eigenvalue weighted by atomic mass is 16.5. The molecule has 0 rings (SSSR count). The van der Waals surface area contributed by atoms with E-state index in [9.17, 15) is 0 Å². The van der Waals surface area contributed by atoms with E-state index >= 15 is 0 Å². The standard InChI is InChI=1S/C22H45O/c1-5-6-7-8-9-10-11-12-13-14-15-16-17-18-19-20-21-23-22(2,3)4/h2,5-21H2,1,3-4H3. The molecule has 1 heteroatoms. The van der Waals surface area contributed by atoms with E-state index in [0.717, 1.165) is 6.61 Å². The normalized spacial score (nSPS) is 12.0. The smallest absolute Gasteiger partial charge is 0.0627 e. The van der Waals surface area contributed by atoms with Crippen LogP contribution in [0, 0.1) is 6.92 Å². The first-order valence-corrected chi connectivity index (χ1v) is 10.6. The summed E-state index contributed by atoms with van der Waals surface area (Å²) in [4.78, 5) is 0. The van der Waals surface area contributed by atoms with E-state index in [4.69, 9.17) is 4.74 Å². The Morgan fingerprint density at radius 3 is 1.17 bits per heavy atom. The van der Waals surface area contributed by atoms with Crippen molar-refractivity contribution < 1.29 is 4.74 Å². The first-order chi connectivity index (χ1) is 11.1. The molecule has 0 aromatic rings. The largest absolute Gasteiger partial charge is 0.376 e. The second-order valence-corrected chi connectivity index (χ2v) is 7.91. The zero-order chi connectivity index (χ0) is 17.2. The fraction of sp³-hybridized carbons (Fsp3) is 0.955. The molecule has 0 fully saturated rings. The molecule has 0 heterocycles. The number of ether oxygens (including phenoxy) is 1. The molecule has 0 aromatic heterocycles. The first-order valence-electron chi connectivity index (χ1n) is 10.6. The third kappa shape index (κ3) is 22.0. The summed E-state index contributed by atoms with van der Waals surface area (Å²) < 4.78 is 5.64. The van der Waals surface area contributed by atoms with Gasteiger partial charge in [-0.1, -0.05) is 103 Å². The number of hydrogen-bond acceptors (Lipinski definition) is 1. The molecule has 0 saturated carbocycles. The predicted octanol–water partition coefficient (Wildman–Crippen LogP) is 7.88. The van der Waals surface area contributed by atoms with Gasteiger partial charge >= 0.3 is 0 Å². The third-order valence-corrected chi connectivity index (χ3v) is 4.49. The highest BCUT2D eigenvalue weighted by Crippen LogP contribution is 2.14. The van der Waals surface area contributed by atoms with Crippen LogP contribution in [-0.4, -0.2) is 12.2 Å². The molecule has 0 aromatic carbocycles. The number of hydrogen-bond donors (Lipinski definition) is 0. The molecule has 0 unspecified atom stereocenters. The average Bonchev–Trinajstić information content (AvgIpc) is 2.49. The Hall–Kier alpha value is -0.0400. The van der Waals surface area contributed by atoms with Crippen molar-refractivity contribution in [2.75, 3.05) is 6.61 Å². The number of unbranched alkanes of at least 4 members (excludes halogenated alkanes) is 15. The van der Waals surface area contributed by atoms with Gasteiger partial charge in [0.05, 0.1) is 5.60 Å². The summed E-state index contributed by atoms with van der Waals surface area (Å²) in [6, 6.07) is 0. The van der Waals surface area contributed by atoms with Gasteiger partial charge in [-0.05, 0) is 27.2 Å². The van der Waals surface area contributed by atoms with Crippen LogP contribution >= 0.6 is 0 Å². The van der Waals surface area contributed by atoms with E-state index in [1.54, 1.807) is 0 Å². The van der Waals surface area contributed by atoms with Crippen LogP contribution in [0.4, 0.5) is 0 Å². The van der Waals surface area contributed by atoms with E-state index in [2.05, 4.69) is 13.8 Å². The minimum absolute atomic E-state index is 0.213. The van der Waals surface area contributed by atoms with Gasteiger partial charge in [-0.25, -0.2) is 0 Å². The fourth-order valence-electron chi connectivity index (χ4n) is 3.00. The monoisotopic (exact) mass is 325 g/mol. The van der Waals surface area contributed by atoms with Crippen molar-refractivity contribution in [1.82, 2.24) is 0 Å². The van der Waals surface area contributed by atoms with Crippen LogP contribution in [0.15, 0.2) is 0 Å². The summed E-state index contributed by atoms with van der Waals surface area (Å²) in [6.07, 6.45) is 22.7. The van der Waals surface area contributed by atoms with Crippen LogP contribution in [0.1, 0.15) is 124 Å². The van der Waals surface area contributed by atoms with Gasteiger partial charge < -0.3 is 4.74 Å². The minimum Gasteiger partial charge on any atom is -0.376 e. The van der Waals surface area contributed by atoms with Gasteiger partial charge in [0.1, 0.15) is 0 Å². The highest BCUT2D eigenvalue weighted by molar-refractivity contribution is 4.69. The van der Waals surface area contributed by atoms with Crippen LogP contribution in [0.5, 0.6) is 0 Å². The van der Waals surface area contributed by atoms with Gasteiger partial charge in [-0.15, -0.1) is 0 Å². The van der Waals surface area contributed by atoms with Crippen LogP contribution in [0.25, 0.3) is 0 Å². The predicted molar refractivity (Wildman–Crippen MR) is 105 cm³/mol. The molecule has 0 spiro atoms. The molecular weight excluding hydrogens is 280 g/mol. The lowest BCUT2D eigenvalue weighted by Gasteiger charge is -2.19. The Balaban J connectivity index is 3.00. The third-order valence-electron chi connectivity index (χ3n) is 4.49. The highest BCUT2D eigenvalue weighted by Gasteiger charge is 2.08. The van der Waals surface area contributed by atoms with Crippen molar-refractivity contribution in [1.29, 1.82) is 0 Å².